The van der Waals surface area contributed by atoms with Gasteiger partial charge in [-0.05, 0) is 25.3 Å². The van der Waals surface area contributed by atoms with Crippen LogP contribution < -0.4 is 0 Å². The standard InChI is InChI=1S/C13H18O2/c1-10-3-2-4-11(7-10)8-13(14)12-5-6-15-9-12/h2-4,7,12-14H,5-6,8-9H2,1H3. The van der Waals surface area contributed by atoms with Crippen molar-refractivity contribution in [1.82, 2.24) is 0 Å². The Morgan fingerprint density at radius 1 is 1.53 bits per heavy atom. The topological polar surface area (TPSA) is 29.5 Å². The van der Waals surface area contributed by atoms with Gasteiger partial charge in [-0.2, -0.15) is 0 Å². The average Bonchev–Trinajstić information content (AvgIpc) is 2.70. The summed E-state index contributed by atoms with van der Waals surface area (Å²) in [6, 6.07) is 8.34. The molecule has 1 aliphatic rings. The van der Waals surface area contributed by atoms with Crippen molar-refractivity contribution in [2.75, 3.05) is 13.2 Å². The molecule has 0 spiro atoms. The predicted octanol–water partition coefficient (Wildman–Crippen LogP) is 1.93. The van der Waals surface area contributed by atoms with E-state index in [-0.39, 0.29) is 6.10 Å². The van der Waals surface area contributed by atoms with Crippen LogP contribution in [-0.2, 0) is 11.2 Å². The average molecular weight is 206 g/mol. The lowest BCUT2D eigenvalue weighted by atomic mass is 9.95. The van der Waals surface area contributed by atoms with Crippen molar-refractivity contribution in [3.8, 4) is 0 Å². The van der Waals surface area contributed by atoms with E-state index < -0.39 is 0 Å². The molecule has 15 heavy (non-hydrogen) atoms. The number of aliphatic hydroxyl groups is 1. The van der Waals surface area contributed by atoms with E-state index in [2.05, 4.69) is 25.1 Å². The van der Waals surface area contributed by atoms with E-state index in [1.807, 2.05) is 6.07 Å². The fourth-order valence-corrected chi connectivity index (χ4v) is 2.10. The molecule has 2 nitrogen and oxygen atoms in total. The molecule has 1 fully saturated rings. The monoisotopic (exact) mass is 206 g/mol. The van der Waals surface area contributed by atoms with Crippen LogP contribution in [0.2, 0.25) is 0 Å². The van der Waals surface area contributed by atoms with Gasteiger partial charge in [-0.3, -0.25) is 0 Å². The van der Waals surface area contributed by atoms with Gasteiger partial charge in [0.15, 0.2) is 0 Å². The first-order chi connectivity index (χ1) is 7.25. The molecular weight excluding hydrogens is 188 g/mol. The molecule has 2 atom stereocenters. The molecule has 0 radical (unpaired) electrons. The van der Waals surface area contributed by atoms with Gasteiger partial charge in [0, 0.05) is 12.5 Å². The van der Waals surface area contributed by atoms with Crippen molar-refractivity contribution >= 4 is 0 Å². The van der Waals surface area contributed by atoms with Crippen LogP contribution in [-0.4, -0.2) is 24.4 Å². The molecular formula is C13H18O2. The second-order valence-corrected chi connectivity index (χ2v) is 4.38. The van der Waals surface area contributed by atoms with Gasteiger partial charge in [-0.1, -0.05) is 29.8 Å². The quantitative estimate of drug-likeness (QED) is 0.819. The first kappa shape index (κ1) is 10.7. The zero-order valence-corrected chi connectivity index (χ0v) is 9.15. The number of aliphatic hydroxyl groups excluding tert-OH is 1. The van der Waals surface area contributed by atoms with Crippen molar-refractivity contribution < 1.29 is 9.84 Å². The molecule has 0 bridgehead atoms. The van der Waals surface area contributed by atoms with Crippen LogP contribution in [0.1, 0.15) is 17.5 Å². The third-order valence-corrected chi connectivity index (χ3v) is 3.04. The van der Waals surface area contributed by atoms with Gasteiger partial charge < -0.3 is 9.84 Å². The Balaban J connectivity index is 1.95. The van der Waals surface area contributed by atoms with E-state index in [1.54, 1.807) is 0 Å². The summed E-state index contributed by atoms with van der Waals surface area (Å²) < 4.78 is 5.28. The second-order valence-electron chi connectivity index (χ2n) is 4.38. The summed E-state index contributed by atoms with van der Waals surface area (Å²) in [5, 5.41) is 10.0. The highest BCUT2D eigenvalue weighted by Gasteiger charge is 2.23. The van der Waals surface area contributed by atoms with Gasteiger partial charge >= 0.3 is 0 Å². The predicted molar refractivity (Wildman–Crippen MR) is 59.8 cm³/mol. The van der Waals surface area contributed by atoms with Crippen molar-refractivity contribution in [3.63, 3.8) is 0 Å². The van der Waals surface area contributed by atoms with E-state index >= 15 is 0 Å². The molecule has 2 unspecified atom stereocenters. The van der Waals surface area contributed by atoms with Gasteiger partial charge in [-0.15, -0.1) is 0 Å². The minimum atomic E-state index is -0.255. The van der Waals surface area contributed by atoms with Crippen LogP contribution in [0.3, 0.4) is 0 Å². The van der Waals surface area contributed by atoms with E-state index in [4.69, 9.17) is 4.74 Å². The summed E-state index contributed by atoms with van der Waals surface area (Å²) in [5.41, 5.74) is 2.47. The lowest BCUT2D eigenvalue weighted by molar-refractivity contribution is 0.0919. The SMILES string of the molecule is Cc1cccc(CC(O)C2CCOC2)c1. The summed E-state index contributed by atoms with van der Waals surface area (Å²) in [7, 11) is 0. The van der Waals surface area contributed by atoms with E-state index in [9.17, 15) is 5.11 Å². The lowest BCUT2D eigenvalue weighted by Crippen LogP contribution is -2.22. The number of aryl methyl sites for hydroxylation is 1. The van der Waals surface area contributed by atoms with Crippen LogP contribution in [0, 0.1) is 12.8 Å². The Morgan fingerprint density at radius 2 is 2.40 bits per heavy atom. The molecule has 0 amide bonds. The molecule has 0 saturated carbocycles. The minimum absolute atomic E-state index is 0.255. The third kappa shape index (κ3) is 2.80. The van der Waals surface area contributed by atoms with Crippen LogP contribution in [0.4, 0.5) is 0 Å². The zero-order chi connectivity index (χ0) is 10.7. The minimum Gasteiger partial charge on any atom is -0.392 e. The van der Waals surface area contributed by atoms with Gasteiger partial charge in [0.1, 0.15) is 0 Å². The maximum absolute atomic E-state index is 10.0. The zero-order valence-electron chi connectivity index (χ0n) is 9.15. The number of benzene rings is 1. The van der Waals surface area contributed by atoms with Crippen molar-refractivity contribution in [1.29, 1.82) is 0 Å². The Kier molecular flexibility index (Phi) is 3.39. The molecule has 1 saturated heterocycles. The molecule has 0 aliphatic carbocycles. The van der Waals surface area contributed by atoms with Crippen LogP contribution in [0.15, 0.2) is 24.3 Å². The molecule has 0 aromatic heterocycles. The fraction of sp³-hybridized carbons (Fsp3) is 0.538. The summed E-state index contributed by atoms with van der Waals surface area (Å²) in [6.07, 6.45) is 1.48. The Bertz CT molecular complexity index is 316. The first-order valence-electron chi connectivity index (χ1n) is 5.57. The molecule has 1 N–H and O–H groups in total. The number of hydrogen-bond donors (Lipinski definition) is 1. The number of rotatable bonds is 3. The largest absolute Gasteiger partial charge is 0.392 e. The van der Waals surface area contributed by atoms with E-state index in [0.29, 0.717) is 12.5 Å². The molecule has 1 heterocycles. The smallest absolute Gasteiger partial charge is 0.0631 e. The Labute approximate surface area is 90.9 Å². The highest BCUT2D eigenvalue weighted by atomic mass is 16.5. The highest BCUT2D eigenvalue weighted by molar-refractivity contribution is 5.22. The van der Waals surface area contributed by atoms with Gasteiger partial charge in [0.05, 0.1) is 12.7 Å². The van der Waals surface area contributed by atoms with Gasteiger partial charge in [0.2, 0.25) is 0 Å². The first-order valence-corrected chi connectivity index (χ1v) is 5.57. The van der Waals surface area contributed by atoms with Crippen LogP contribution >= 0.6 is 0 Å². The van der Waals surface area contributed by atoms with Crippen LogP contribution in [0.5, 0.6) is 0 Å². The molecule has 2 heteroatoms. The fourth-order valence-electron chi connectivity index (χ4n) is 2.10. The number of hydrogen-bond acceptors (Lipinski definition) is 2. The Morgan fingerprint density at radius 3 is 3.07 bits per heavy atom. The second kappa shape index (κ2) is 4.77. The van der Waals surface area contributed by atoms with Crippen molar-refractivity contribution in [2.24, 2.45) is 5.92 Å². The van der Waals surface area contributed by atoms with Crippen molar-refractivity contribution in [2.45, 2.75) is 25.9 Å². The van der Waals surface area contributed by atoms with E-state index in [1.165, 1.54) is 11.1 Å². The molecule has 82 valence electrons. The maximum atomic E-state index is 10.0. The van der Waals surface area contributed by atoms with E-state index in [0.717, 1.165) is 19.4 Å². The van der Waals surface area contributed by atoms with Gasteiger partial charge in [-0.25, -0.2) is 0 Å². The van der Waals surface area contributed by atoms with Crippen LogP contribution in [0.25, 0.3) is 0 Å². The number of ether oxygens (including phenoxy) is 1. The molecule has 1 aliphatic heterocycles. The maximum Gasteiger partial charge on any atom is 0.0631 e. The summed E-state index contributed by atoms with van der Waals surface area (Å²) >= 11 is 0. The van der Waals surface area contributed by atoms with Gasteiger partial charge in [0.25, 0.3) is 0 Å². The summed E-state index contributed by atoms with van der Waals surface area (Å²) in [6.45, 7) is 3.59. The Hall–Kier alpha value is -0.860. The normalized spacial score (nSPS) is 22.9. The molecule has 2 rings (SSSR count). The summed E-state index contributed by atoms with van der Waals surface area (Å²) in [4.78, 5) is 0. The lowest BCUT2D eigenvalue weighted by Gasteiger charge is -2.16. The summed E-state index contributed by atoms with van der Waals surface area (Å²) in [5.74, 6) is 0.325. The third-order valence-electron chi connectivity index (χ3n) is 3.04. The molecule has 1 aromatic carbocycles. The highest BCUT2D eigenvalue weighted by Crippen LogP contribution is 2.20. The van der Waals surface area contributed by atoms with Crippen molar-refractivity contribution in [3.05, 3.63) is 35.4 Å². The molecule has 1 aromatic rings.